The first-order chi connectivity index (χ1) is 13.7. The van der Waals surface area contributed by atoms with Crippen LogP contribution in [-0.2, 0) is 0 Å². The normalized spacial score (nSPS) is 20.1. The molecule has 0 aromatic heterocycles. The molecule has 5 rings (SSSR count). The topological polar surface area (TPSA) is 34.1 Å². The predicted octanol–water partition coefficient (Wildman–Crippen LogP) is 5.59. The van der Waals surface area contributed by atoms with E-state index in [2.05, 4.69) is 23.2 Å². The molecule has 2 aliphatic heterocycles. The minimum Gasteiger partial charge on any atom is -0.493 e. The zero-order valence-electron chi connectivity index (χ0n) is 15.4. The Kier molecular flexibility index (Phi) is 4.21. The van der Waals surface area contributed by atoms with Crippen molar-refractivity contribution in [3.63, 3.8) is 0 Å². The second kappa shape index (κ2) is 6.88. The number of hydrogen-bond acceptors (Lipinski definition) is 4. The molecule has 0 radical (unpaired) electrons. The quantitative estimate of drug-likeness (QED) is 0.584. The molecule has 2 heterocycles. The molecule has 2 aliphatic rings. The van der Waals surface area contributed by atoms with Crippen molar-refractivity contribution in [1.29, 1.82) is 0 Å². The maximum Gasteiger partial charge on any atom is 0.214 e. The SMILES string of the molecule is COc1cccc2c1O[C@H](c1ccc(Cl)cc1)N1N=C(c3ccccc3)C[C@@H]21. The molecule has 140 valence electrons. The molecule has 2 atom stereocenters. The van der Waals surface area contributed by atoms with Gasteiger partial charge in [-0.25, -0.2) is 5.01 Å². The van der Waals surface area contributed by atoms with Crippen molar-refractivity contribution in [2.45, 2.75) is 18.7 Å². The van der Waals surface area contributed by atoms with Crippen LogP contribution in [0, 0.1) is 0 Å². The van der Waals surface area contributed by atoms with Gasteiger partial charge in [-0.1, -0.05) is 66.2 Å². The van der Waals surface area contributed by atoms with Gasteiger partial charge in [-0.3, -0.25) is 0 Å². The number of hydrazone groups is 1. The van der Waals surface area contributed by atoms with Crippen molar-refractivity contribution >= 4 is 17.3 Å². The maximum absolute atomic E-state index is 6.43. The third-order valence-electron chi connectivity index (χ3n) is 5.26. The van der Waals surface area contributed by atoms with E-state index >= 15 is 0 Å². The number of rotatable bonds is 3. The van der Waals surface area contributed by atoms with Gasteiger partial charge in [0.25, 0.3) is 0 Å². The van der Waals surface area contributed by atoms with E-state index in [1.54, 1.807) is 7.11 Å². The summed E-state index contributed by atoms with van der Waals surface area (Å²) in [4.78, 5) is 0. The number of nitrogens with zero attached hydrogens (tertiary/aromatic N) is 2. The molecule has 0 saturated heterocycles. The molecule has 28 heavy (non-hydrogen) atoms. The Morgan fingerprint density at radius 1 is 1.00 bits per heavy atom. The van der Waals surface area contributed by atoms with Crippen LogP contribution < -0.4 is 9.47 Å². The molecule has 3 aromatic rings. The van der Waals surface area contributed by atoms with Crippen LogP contribution in [0.4, 0.5) is 0 Å². The molecule has 0 amide bonds. The Morgan fingerprint density at radius 3 is 2.54 bits per heavy atom. The van der Waals surface area contributed by atoms with Gasteiger partial charge in [0.1, 0.15) is 0 Å². The van der Waals surface area contributed by atoms with Crippen LogP contribution in [-0.4, -0.2) is 17.8 Å². The van der Waals surface area contributed by atoms with Gasteiger partial charge in [0.15, 0.2) is 11.5 Å². The van der Waals surface area contributed by atoms with Gasteiger partial charge in [-0.2, -0.15) is 5.10 Å². The molecule has 4 nitrogen and oxygen atoms in total. The molecule has 5 heteroatoms. The number of para-hydroxylation sites is 1. The van der Waals surface area contributed by atoms with E-state index in [1.165, 1.54) is 0 Å². The molecule has 0 unspecified atom stereocenters. The van der Waals surface area contributed by atoms with E-state index in [4.69, 9.17) is 26.2 Å². The number of ether oxygens (including phenoxy) is 2. The average molecular weight is 391 g/mol. The van der Waals surface area contributed by atoms with Gasteiger partial charge >= 0.3 is 0 Å². The first kappa shape index (κ1) is 17.1. The molecule has 3 aromatic carbocycles. The largest absolute Gasteiger partial charge is 0.493 e. The highest BCUT2D eigenvalue weighted by molar-refractivity contribution is 6.30. The zero-order valence-corrected chi connectivity index (χ0v) is 16.1. The smallest absolute Gasteiger partial charge is 0.214 e. The van der Waals surface area contributed by atoms with Crippen LogP contribution >= 0.6 is 11.6 Å². The highest BCUT2D eigenvalue weighted by atomic mass is 35.5. The second-order valence-corrected chi connectivity index (χ2v) is 7.35. The van der Waals surface area contributed by atoms with Gasteiger partial charge in [0, 0.05) is 22.6 Å². The minimum absolute atomic E-state index is 0.0923. The molecular weight excluding hydrogens is 372 g/mol. The predicted molar refractivity (Wildman–Crippen MR) is 110 cm³/mol. The van der Waals surface area contributed by atoms with E-state index in [9.17, 15) is 0 Å². The van der Waals surface area contributed by atoms with Gasteiger partial charge in [0.2, 0.25) is 6.23 Å². The fourth-order valence-electron chi connectivity index (χ4n) is 3.90. The van der Waals surface area contributed by atoms with E-state index in [0.717, 1.165) is 40.3 Å². The lowest BCUT2D eigenvalue weighted by molar-refractivity contribution is -0.0208. The second-order valence-electron chi connectivity index (χ2n) is 6.91. The monoisotopic (exact) mass is 390 g/mol. The van der Waals surface area contributed by atoms with E-state index < -0.39 is 0 Å². The lowest BCUT2D eigenvalue weighted by atomic mass is 9.95. The van der Waals surface area contributed by atoms with Crippen molar-refractivity contribution in [3.05, 3.63) is 94.5 Å². The molecule has 0 N–H and O–H groups in total. The van der Waals surface area contributed by atoms with Gasteiger partial charge in [0.05, 0.1) is 18.9 Å². The van der Waals surface area contributed by atoms with Crippen LogP contribution in [0.1, 0.15) is 35.4 Å². The molecule has 0 bridgehead atoms. The molecular formula is C23H19ClN2O2. The van der Waals surface area contributed by atoms with Gasteiger partial charge in [-0.05, 0) is 23.8 Å². The third kappa shape index (κ3) is 2.81. The first-order valence-corrected chi connectivity index (χ1v) is 9.62. The van der Waals surface area contributed by atoms with Crippen molar-refractivity contribution in [2.24, 2.45) is 5.10 Å². The summed E-state index contributed by atoms with van der Waals surface area (Å²) in [6.45, 7) is 0. The Labute approximate surface area is 169 Å². The van der Waals surface area contributed by atoms with Crippen LogP contribution in [0.15, 0.2) is 77.9 Å². The summed E-state index contributed by atoms with van der Waals surface area (Å²) in [5.41, 5.74) is 4.29. The van der Waals surface area contributed by atoms with Gasteiger partial charge < -0.3 is 9.47 Å². The summed E-state index contributed by atoms with van der Waals surface area (Å²) in [7, 11) is 1.67. The summed E-state index contributed by atoms with van der Waals surface area (Å²) < 4.78 is 12.0. The summed E-state index contributed by atoms with van der Waals surface area (Å²) in [5, 5.41) is 7.73. The van der Waals surface area contributed by atoms with Crippen LogP contribution in [0.3, 0.4) is 0 Å². The van der Waals surface area contributed by atoms with Crippen LogP contribution in [0.25, 0.3) is 0 Å². The fraction of sp³-hybridized carbons (Fsp3) is 0.174. The maximum atomic E-state index is 6.43. The number of fused-ring (bicyclic) bond motifs is 3. The molecule has 0 fully saturated rings. The zero-order chi connectivity index (χ0) is 19.1. The molecule has 0 spiro atoms. The van der Waals surface area contributed by atoms with E-state index in [-0.39, 0.29) is 12.3 Å². The summed E-state index contributed by atoms with van der Waals surface area (Å²) in [6, 6.07) is 24.2. The Morgan fingerprint density at radius 2 is 1.79 bits per heavy atom. The van der Waals surface area contributed by atoms with Gasteiger partial charge in [-0.15, -0.1) is 0 Å². The minimum atomic E-state index is -0.340. The third-order valence-corrected chi connectivity index (χ3v) is 5.51. The summed E-state index contributed by atoms with van der Waals surface area (Å²) in [5.74, 6) is 1.53. The van der Waals surface area contributed by atoms with E-state index in [0.29, 0.717) is 5.02 Å². The number of halogens is 1. The van der Waals surface area contributed by atoms with Crippen molar-refractivity contribution in [1.82, 2.24) is 5.01 Å². The highest BCUT2D eigenvalue weighted by Gasteiger charge is 2.42. The average Bonchev–Trinajstić information content (AvgIpc) is 3.20. The Hall–Kier alpha value is -2.98. The summed E-state index contributed by atoms with van der Waals surface area (Å²) >= 11 is 6.09. The van der Waals surface area contributed by atoms with Crippen molar-refractivity contribution < 1.29 is 9.47 Å². The molecule has 0 aliphatic carbocycles. The Balaban J connectivity index is 1.62. The Bertz CT molecular complexity index is 1030. The summed E-state index contributed by atoms with van der Waals surface area (Å²) in [6.07, 6.45) is 0.477. The van der Waals surface area contributed by atoms with Crippen LogP contribution in [0.2, 0.25) is 5.02 Å². The fourth-order valence-corrected chi connectivity index (χ4v) is 4.02. The number of hydrogen-bond donors (Lipinski definition) is 0. The number of benzene rings is 3. The lowest BCUT2D eigenvalue weighted by Gasteiger charge is -2.38. The van der Waals surface area contributed by atoms with Crippen molar-refractivity contribution in [3.8, 4) is 11.5 Å². The lowest BCUT2D eigenvalue weighted by Crippen LogP contribution is -2.33. The van der Waals surface area contributed by atoms with E-state index in [1.807, 2.05) is 54.6 Å². The van der Waals surface area contributed by atoms with Crippen molar-refractivity contribution in [2.75, 3.05) is 7.11 Å². The number of methoxy groups -OCH3 is 1. The highest BCUT2D eigenvalue weighted by Crippen LogP contribution is 2.50. The standard InChI is InChI=1S/C23H19ClN2O2/c1-27-21-9-5-8-18-20-14-19(15-6-3-2-4-7-15)25-26(20)23(28-22(18)21)16-10-12-17(24)13-11-16/h2-13,20,23H,14H2,1H3/t20-,23+/m0/s1. The molecule has 0 saturated carbocycles. The first-order valence-electron chi connectivity index (χ1n) is 9.25. The van der Waals surface area contributed by atoms with Crippen LogP contribution in [0.5, 0.6) is 11.5 Å².